The van der Waals surface area contributed by atoms with Gasteiger partial charge in [-0.15, -0.1) is 12.4 Å². The van der Waals surface area contributed by atoms with E-state index in [9.17, 15) is 4.79 Å². The molecular formula is C19H27ClN2O2. The zero-order chi connectivity index (χ0) is 15.7. The molecule has 0 atom stereocenters. The first-order valence-electron chi connectivity index (χ1n) is 8.97. The van der Waals surface area contributed by atoms with Crippen LogP contribution in [0.4, 0.5) is 0 Å². The Morgan fingerprint density at radius 1 is 1.17 bits per heavy atom. The largest absolute Gasteiger partial charge is 0.493 e. The van der Waals surface area contributed by atoms with Crippen LogP contribution < -0.4 is 10.1 Å². The molecule has 1 amide bonds. The number of rotatable bonds is 4. The van der Waals surface area contributed by atoms with E-state index in [2.05, 4.69) is 5.32 Å². The van der Waals surface area contributed by atoms with Gasteiger partial charge in [0.2, 0.25) is 0 Å². The molecular weight excluding hydrogens is 324 g/mol. The summed E-state index contributed by atoms with van der Waals surface area (Å²) < 4.78 is 5.74. The minimum absolute atomic E-state index is 0. The summed E-state index contributed by atoms with van der Waals surface area (Å²) in [6.07, 6.45) is 6.12. The molecule has 5 heteroatoms. The highest BCUT2D eigenvalue weighted by Gasteiger charge is 2.38. The van der Waals surface area contributed by atoms with Crippen molar-refractivity contribution in [2.75, 3.05) is 32.8 Å². The van der Waals surface area contributed by atoms with Gasteiger partial charge in [-0.1, -0.05) is 0 Å². The minimum Gasteiger partial charge on any atom is -0.493 e. The van der Waals surface area contributed by atoms with Crippen molar-refractivity contribution in [1.29, 1.82) is 0 Å². The molecule has 3 fully saturated rings. The van der Waals surface area contributed by atoms with Crippen molar-refractivity contribution >= 4 is 18.3 Å². The predicted molar refractivity (Wildman–Crippen MR) is 97.0 cm³/mol. The number of halogens is 1. The monoisotopic (exact) mass is 350 g/mol. The van der Waals surface area contributed by atoms with Gasteiger partial charge in [0.25, 0.3) is 5.91 Å². The van der Waals surface area contributed by atoms with Gasteiger partial charge >= 0.3 is 0 Å². The molecule has 1 N–H and O–H groups in total. The van der Waals surface area contributed by atoms with Gasteiger partial charge in [0.15, 0.2) is 0 Å². The van der Waals surface area contributed by atoms with E-state index in [1.807, 2.05) is 29.2 Å². The maximum absolute atomic E-state index is 12.7. The van der Waals surface area contributed by atoms with E-state index >= 15 is 0 Å². The summed E-state index contributed by atoms with van der Waals surface area (Å²) in [6.45, 7) is 4.86. The fraction of sp³-hybridized carbons (Fsp3) is 0.632. The first-order chi connectivity index (χ1) is 11.2. The summed E-state index contributed by atoms with van der Waals surface area (Å²) >= 11 is 0. The molecule has 2 aliphatic heterocycles. The van der Waals surface area contributed by atoms with Crippen LogP contribution in [0.15, 0.2) is 24.3 Å². The van der Waals surface area contributed by atoms with Crippen molar-refractivity contribution < 1.29 is 9.53 Å². The van der Waals surface area contributed by atoms with Crippen LogP contribution in [0.2, 0.25) is 0 Å². The summed E-state index contributed by atoms with van der Waals surface area (Å²) in [6, 6.07) is 7.68. The minimum atomic E-state index is 0. The Morgan fingerprint density at radius 3 is 2.46 bits per heavy atom. The fourth-order valence-corrected chi connectivity index (χ4v) is 3.78. The van der Waals surface area contributed by atoms with Gasteiger partial charge in [-0.25, -0.2) is 0 Å². The highest BCUT2D eigenvalue weighted by Crippen LogP contribution is 2.37. The lowest BCUT2D eigenvalue weighted by Crippen LogP contribution is -2.44. The Labute approximate surface area is 150 Å². The van der Waals surface area contributed by atoms with Crippen LogP contribution in [0.1, 0.15) is 42.5 Å². The first kappa shape index (κ1) is 17.6. The molecule has 24 heavy (non-hydrogen) atoms. The molecule has 1 aromatic carbocycles. The van der Waals surface area contributed by atoms with E-state index in [-0.39, 0.29) is 18.3 Å². The van der Waals surface area contributed by atoms with E-state index < -0.39 is 0 Å². The average molecular weight is 351 g/mol. The van der Waals surface area contributed by atoms with Gasteiger partial charge in [-0.05, 0) is 74.2 Å². The maximum atomic E-state index is 12.7. The molecule has 0 radical (unpaired) electrons. The Hall–Kier alpha value is -1.26. The van der Waals surface area contributed by atoms with E-state index in [1.54, 1.807) is 0 Å². The normalized spacial score (nSPS) is 22.2. The molecule has 4 rings (SSSR count). The van der Waals surface area contributed by atoms with Gasteiger partial charge in [0, 0.05) is 25.2 Å². The summed E-state index contributed by atoms with van der Waals surface area (Å²) in [7, 11) is 0. The Morgan fingerprint density at radius 2 is 1.88 bits per heavy atom. The lowest BCUT2D eigenvalue weighted by molar-refractivity contribution is 0.0607. The molecule has 2 heterocycles. The quantitative estimate of drug-likeness (QED) is 0.907. The summed E-state index contributed by atoms with van der Waals surface area (Å²) in [4.78, 5) is 14.7. The molecule has 4 nitrogen and oxygen atoms in total. The molecule has 2 saturated heterocycles. The number of likely N-dealkylation sites (tertiary alicyclic amines) is 1. The van der Waals surface area contributed by atoms with Crippen LogP contribution in [0.5, 0.6) is 5.75 Å². The zero-order valence-corrected chi connectivity index (χ0v) is 14.9. The van der Waals surface area contributed by atoms with E-state index in [0.717, 1.165) is 62.9 Å². The fourth-order valence-electron chi connectivity index (χ4n) is 3.78. The SMILES string of the molecule is Cl.O=C(c1ccc(OCC2CC2)cc1)N1CCC2(CCNC2)CC1. The van der Waals surface area contributed by atoms with Gasteiger partial charge in [-0.2, -0.15) is 0 Å². The average Bonchev–Trinajstić information content (AvgIpc) is 3.33. The van der Waals surface area contributed by atoms with Crippen molar-refractivity contribution in [2.24, 2.45) is 11.3 Å². The number of nitrogens with zero attached hydrogens (tertiary/aromatic N) is 1. The van der Waals surface area contributed by atoms with Gasteiger partial charge in [0.1, 0.15) is 5.75 Å². The van der Waals surface area contributed by atoms with Gasteiger partial charge in [0.05, 0.1) is 6.61 Å². The van der Waals surface area contributed by atoms with Crippen LogP contribution in [0.25, 0.3) is 0 Å². The van der Waals surface area contributed by atoms with Crippen molar-refractivity contribution in [3.63, 3.8) is 0 Å². The third kappa shape index (κ3) is 3.86. The van der Waals surface area contributed by atoms with E-state index in [1.165, 1.54) is 19.3 Å². The molecule has 1 aromatic rings. The molecule has 0 bridgehead atoms. The maximum Gasteiger partial charge on any atom is 0.253 e. The molecule has 1 aliphatic carbocycles. The van der Waals surface area contributed by atoms with Gasteiger partial charge in [-0.3, -0.25) is 4.79 Å². The van der Waals surface area contributed by atoms with Crippen LogP contribution in [-0.2, 0) is 0 Å². The van der Waals surface area contributed by atoms with Crippen molar-refractivity contribution in [1.82, 2.24) is 10.2 Å². The number of ether oxygens (including phenoxy) is 1. The molecule has 132 valence electrons. The Kier molecular flexibility index (Phi) is 5.36. The number of carbonyl (C=O) groups is 1. The summed E-state index contributed by atoms with van der Waals surface area (Å²) in [5.41, 5.74) is 1.24. The van der Waals surface area contributed by atoms with Crippen LogP contribution >= 0.6 is 12.4 Å². The van der Waals surface area contributed by atoms with Crippen LogP contribution in [0, 0.1) is 11.3 Å². The van der Waals surface area contributed by atoms with Crippen molar-refractivity contribution in [3.05, 3.63) is 29.8 Å². The standard InChI is InChI=1S/C19H26N2O2.ClH/c22-18(21-11-8-19(9-12-21)7-10-20-14-19)16-3-5-17(6-4-16)23-13-15-1-2-15;/h3-6,15,20H,1-2,7-14H2;1H. The summed E-state index contributed by atoms with van der Waals surface area (Å²) in [5, 5.41) is 3.47. The lowest BCUT2D eigenvalue weighted by atomic mass is 9.78. The zero-order valence-electron chi connectivity index (χ0n) is 14.1. The number of amides is 1. The molecule has 1 saturated carbocycles. The lowest BCUT2D eigenvalue weighted by Gasteiger charge is -2.38. The van der Waals surface area contributed by atoms with E-state index in [4.69, 9.17) is 4.74 Å². The first-order valence-corrected chi connectivity index (χ1v) is 8.97. The number of nitrogens with one attached hydrogen (secondary N) is 1. The highest BCUT2D eigenvalue weighted by atomic mass is 35.5. The smallest absolute Gasteiger partial charge is 0.253 e. The summed E-state index contributed by atoms with van der Waals surface area (Å²) in [5.74, 6) is 1.80. The molecule has 3 aliphatic rings. The van der Waals surface area contributed by atoms with Crippen LogP contribution in [0.3, 0.4) is 0 Å². The third-order valence-corrected chi connectivity index (χ3v) is 5.73. The molecule has 0 aromatic heterocycles. The van der Waals surface area contributed by atoms with E-state index in [0.29, 0.717) is 5.41 Å². The number of hydrogen-bond acceptors (Lipinski definition) is 3. The number of carbonyl (C=O) groups excluding carboxylic acids is 1. The Balaban J connectivity index is 0.00000169. The highest BCUT2D eigenvalue weighted by molar-refractivity contribution is 5.94. The Bertz CT molecular complexity index is 555. The van der Waals surface area contributed by atoms with Crippen molar-refractivity contribution in [3.8, 4) is 5.75 Å². The molecule has 1 spiro atoms. The second kappa shape index (κ2) is 7.32. The third-order valence-electron chi connectivity index (χ3n) is 5.73. The van der Waals surface area contributed by atoms with Gasteiger partial charge < -0.3 is 15.0 Å². The second-order valence-electron chi connectivity index (χ2n) is 7.50. The number of piperidine rings is 1. The number of benzene rings is 1. The molecule has 0 unspecified atom stereocenters. The second-order valence-corrected chi connectivity index (χ2v) is 7.50. The van der Waals surface area contributed by atoms with Crippen LogP contribution in [-0.4, -0.2) is 43.6 Å². The predicted octanol–water partition coefficient (Wildman–Crippen LogP) is 3.11. The number of hydrogen-bond donors (Lipinski definition) is 1. The van der Waals surface area contributed by atoms with Crippen molar-refractivity contribution in [2.45, 2.75) is 32.1 Å². The topological polar surface area (TPSA) is 41.6 Å².